The number of nitrogens with two attached hydrogens (primary N) is 1. The van der Waals surface area contributed by atoms with Crippen LogP contribution in [0.2, 0.25) is 0 Å². The quantitative estimate of drug-likeness (QED) is 0.848. The minimum absolute atomic E-state index is 0.0257. The lowest BCUT2D eigenvalue weighted by molar-refractivity contribution is 0.267. The van der Waals surface area contributed by atoms with Crippen molar-refractivity contribution in [3.05, 3.63) is 28.8 Å². The minimum atomic E-state index is -0.349. The van der Waals surface area contributed by atoms with Gasteiger partial charge in [-0.2, -0.15) is 0 Å². The second-order valence-corrected chi connectivity index (χ2v) is 5.45. The summed E-state index contributed by atoms with van der Waals surface area (Å²) in [4.78, 5) is 0. The van der Waals surface area contributed by atoms with Crippen molar-refractivity contribution in [2.75, 3.05) is 13.7 Å². The molecule has 0 saturated heterocycles. The smallest absolute Gasteiger partial charge is 0.122 e. The van der Waals surface area contributed by atoms with Crippen molar-refractivity contribution in [1.82, 2.24) is 0 Å². The fourth-order valence-electron chi connectivity index (χ4n) is 1.96. The molecule has 3 N–H and O–H groups in total. The largest absolute Gasteiger partial charge is 0.496 e. The van der Waals surface area contributed by atoms with Crippen molar-refractivity contribution in [3.63, 3.8) is 0 Å². The normalized spacial score (nSPS) is 13.6. The van der Waals surface area contributed by atoms with E-state index < -0.39 is 0 Å². The third kappa shape index (κ3) is 2.99. The van der Waals surface area contributed by atoms with E-state index in [0.29, 0.717) is 0 Å². The zero-order valence-electron chi connectivity index (χ0n) is 11.4. The minimum Gasteiger partial charge on any atom is -0.496 e. The molecule has 0 amide bonds. The number of benzene rings is 1. The summed E-state index contributed by atoms with van der Waals surface area (Å²) >= 11 is 0. The van der Waals surface area contributed by atoms with Crippen LogP contribution in [0.5, 0.6) is 5.75 Å². The third-order valence-corrected chi connectivity index (χ3v) is 2.99. The lowest BCUT2D eigenvalue weighted by Crippen LogP contribution is -2.18. The van der Waals surface area contributed by atoms with Crippen LogP contribution in [0.25, 0.3) is 0 Å². The van der Waals surface area contributed by atoms with Crippen LogP contribution in [-0.2, 0) is 5.41 Å². The predicted octanol–water partition coefficient (Wildman–Crippen LogP) is 2.29. The molecule has 0 saturated carbocycles. The van der Waals surface area contributed by atoms with Gasteiger partial charge in [-0.1, -0.05) is 26.8 Å². The van der Waals surface area contributed by atoms with E-state index in [1.165, 1.54) is 0 Å². The Morgan fingerprint density at radius 2 is 1.94 bits per heavy atom. The van der Waals surface area contributed by atoms with Gasteiger partial charge in [-0.25, -0.2) is 0 Å². The first kappa shape index (κ1) is 14.0. The van der Waals surface area contributed by atoms with Crippen LogP contribution in [-0.4, -0.2) is 18.8 Å². The maximum atomic E-state index is 9.14. The Labute approximate surface area is 104 Å². The number of rotatable bonds is 3. The summed E-state index contributed by atoms with van der Waals surface area (Å²) in [5.74, 6) is 0.835. The molecule has 96 valence electrons. The molecule has 0 heterocycles. The Morgan fingerprint density at radius 1 is 1.35 bits per heavy atom. The third-order valence-electron chi connectivity index (χ3n) is 2.99. The van der Waals surface area contributed by atoms with Gasteiger partial charge < -0.3 is 15.6 Å². The lowest BCUT2D eigenvalue weighted by atomic mass is 9.83. The number of aryl methyl sites for hydroxylation is 1. The van der Waals surface area contributed by atoms with Gasteiger partial charge in [-0.3, -0.25) is 0 Å². The van der Waals surface area contributed by atoms with Crippen molar-refractivity contribution >= 4 is 0 Å². The molecule has 0 aliphatic rings. The Bertz CT molecular complexity index is 394. The summed E-state index contributed by atoms with van der Waals surface area (Å²) in [6.07, 6.45) is 0. The molecule has 1 atom stereocenters. The lowest BCUT2D eigenvalue weighted by Gasteiger charge is -2.25. The van der Waals surface area contributed by atoms with E-state index in [4.69, 9.17) is 15.6 Å². The topological polar surface area (TPSA) is 55.5 Å². The molecule has 0 bridgehead atoms. The molecule has 0 radical (unpaired) electrons. The van der Waals surface area contributed by atoms with E-state index in [9.17, 15) is 0 Å². The second-order valence-electron chi connectivity index (χ2n) is 5.45. The highest BCUT2D eigenvalue weighted by Crippen LogP contribution is 2.34. The molecule has 1 rings (SSSR count). The molecule has 0 aromatic heterocycles. The van der Waals surface area contributed by atoms with Gasteiger partial charge in [0.25, 0.3) is 0 Å². The van der Waals surface area contributed by atoms with Crippen LogP contribution in [0.3, 0.4) is 0 Å². The van der Waals surface area contributed by atoms with E-state index >= 15 is 0 Å². The van der Waals surface area contributed by atoms with Crippen LogP contribution in [0.1, 0.15) is 43.5 Å². The van der Waals surface area contributed by atoms with E-state index in [0.717, 1.165) is 22.4 Å². The second kappa shape index (κ2) is 5.07. The molecule has 0 fully saturated rings. The van der Waals surface area contributed by atoms with Gasteiger partial charge in [0.1, 0.15) is 5.75 Å². The highest BCUT2D eigenvalue weighted by molar-refractivity contribution is 5.46. The van der Waals surface area contributed by atoms with Crippen molar-refractivity contribution in [1.29, 1.82) is 0 Å². The molecule has 3 nitrogen and oxygen atoms in total. The zero-order chi connectivity index (χ0) is 13.2. The average molecular weight is 237 g/mol. The summed E-state index contributed by atoms with van der Waals surface area (Å²) in [7, 11) is 1.66. The van der Waals surface area contributed by atoms with Gasteiger partial charge in [-0.15, -0.1) is 0 Å². The highest BCUT2D eigenvalue weighted by Gasteiger charge is 2.21. The first-order valence-corrected chi connectivity index (χ1v) is 5.86. The molecule has 17 heavy (non-hydrogen) atoms. The van der Waals surface area contributed by atoms with Gasteiger partial charge in [-0.05, 0) is 35.1 Å². The van der Waals surface area contributed by atoms with Crippen LogP contribution in [0.4, 0.5) is 0 Å². The Hall–Kier alpha value is -1.06. The summed E-state index contributed by atoms with van der Waals surface area (Å²) in [6, 6.07) is 3.69. The Morgan fingerprint density at radius 3 is 2.35 bits per heavy atom. The molecule has 0 aliphatic heterocycles. The van der Waals surface area contributed by atoms with Gasteiger partial charge in [0.05, 0.1) is 19.8 Å². The molecule has 0 spiro atoms. The van der Waals surface area contributed by atoms with Crippen LogP contribution in [0.15, 0.2) is 12.1 Å². The molecular weight excluding hydrogens is 214 g/mol. The van der Waals surface area contributed by atoms with Gasteiger partial charge >= 0.3 is 0 Å². The number of ether oxygens (including phenoxy) is 1. The highest BCUT2D eigenvalue weighted by atomic mass is 16.5. The SMILES string of the molecule is COc1cc(C(N)CO)c(C)cc1C(C)(C)C. The van der Waals surface area contributed by atoms with Gasteiger partial charge in [0.2, 0.25) is 0 Å². The molecule has 3 heteroatoms. The fraction of sp³-hybridized carbons (Fsp3) is 0.571. The summed E-state index contributed by atoms with van der Waals surface area (Å²) in [6.45, 7) is 8.40. The first-order chi connectivity index (χ1) is 7.81. The number of hydrogen-bond acceptors (Lipinski definition) is 3. The van der Waals surface area contributed by atoms with Crippen LogP contribution in [0, 0.1) is 6.92 Å². The fourth-order valence-corrected chi connectivity index (χ4v) is 1.96. The maximum Gasteiger partial charge on any atom is 0.122 e. The molecule has 1 unspecified atom stereocenters. The van der Waals surface area contributed by atoms with E-state index in [2.05, 4.69) is 26.8 Å². The predicted molar refractivity (Wildman–Crippen MR) is 70.4 cm³/mol. The van der Waals surface area contributed by atoms with Gasteiger partial charge in [0, 0.05) is 0 Å². The van der Waals surface area contributed by atoms with Crippen molar-refractivity contribution < 1.29 is 9.84 Å². The van der Waals surface area contributed by atoms with Crippen molar-refractivity contribution in [2.45, 2.75) is 39.2 Å². The van der Waals surface area contributed by atoms with E-state index in [1.54, 1.807) is 7.11 Å². The molecule has 0 aliphatic carbocycles. The number of hydrogen-bond donors (Lipinski definition) is 2. The maximum absolute atomic E-state index is 9.14. The monoisotopic (exact) mass is 237 g/mol. The zero-order valence-corrected chi connectivity index (χ0v) is 11.4. The summed E-state index contributed by atoms with van der Waals surface area (Å²) in [5.41, 5.74) is 9.09. The van der Waals surface area contributed by atoms with Crippen LogP contribution >= 0.6 is 0 Å². The number of aliphatic hydroxyl groups excluding tert-OH is 1. The Balaban J connectivity index is 3.35. The van der Waals surface area contributed by atoms with Gasteiger partial charge in [0.15, 0.2) is 0 Å². The van der Waals surface area contributed by atoms with Crippen molar-refractivity contribution in [2.24, 2.45) is 5.73 Å². The van der Waals surface area contributed by atoms with Crippen LogP contribution < -0.4 is 10.5 Å². The molecule has 1 aromatic rings. The standard InChI is InChI=1S/C14H23NO2/c1-9-6-11(14(2,3)4)13(17-5)7-10(9)12(15)8-16/h6-7,12,16H,8,15H2,1-5H3. The summed E-state index contributed by atoms with van der Waals surface area (Å²) in [5, 5.41) is 9.14. The molecule has 1 aromatic carbocycles. The summed E-state index contributed by atoms with van der Waals surface area (Å²) < 4.78 is 5.42. The molecular formula is C14H23NO2. The average Bonchev–Trinajstić information content (AvgIpc) is 2.26. The number of aliphatic hydroxyl groups is 1. The Kier molecular flexibility index (Phi) is 4.17. The van der Waals surface area contributed by atoms with Crippen molar-refractivity contribution in [3.8, 4) is 5.75 Å². The number of methoxy groups -OCH3 is 1. The van der Waals surface area contributed by atoms with E-state index in [1.807, 2.05) is 13.0 Å². The van der Waals surface area contributed by atoms with E-state index in [-0.39, 0.29) is 18.1 Å². The first-order valence-electron chi connectivity index (χ1n) is 5.86.